The summed E-state index contributed by atoms with van der Waals surface area (Å²) in [5.74, 6) is -1.82. The van der Waals surface area contributed by atoms with Gasteiger partial charge < -0.3 is 19.7 Å². The summed E-state index contributed by atoms with van der Waals surface area (Å²) in [6.07, 6.45) is 0.494. The summed E-state index contributed by atoms with van der Waals surface area (Å²) in [5.41, 5.74) is 0.833. The highest BCUT2D eigenvalue weighted by Crippen LogP contribution is 2.30. The number of carbonyl (C=O) groups is 3. The van der Waals surface area contributed by atoms with E-state index in [0.717, 1.165) is 6.08 Å². The maximum absolute atomic E-state index is 12.4. The molecule has 0 spiro atoms. The molecule has 0 fully saturated rings. The van der Waals surface area contributed by atoms with Crippen molar-refractivity contribution in [2.45, 2.75) is 13.0 Å². The van der Waals surface area contributed by atoms with Crippen LogP contribution in [-0.2, 0) is 9.53 Å². The molecule has 0 radical (unpaired) electrons. The maximum Gasteiger partial charge on any atom is 0.414 e. The first kappa shape index (κ1) is 22.6. The smallest absolute Gasteiger partial charge is 0.414 e. The van der Waals surface area contributed by atoms with Gasteiger partial charge in [-0.05, 0) is 29.8 Å². The van der Waals surface area contributed by atoms with Crippen LogP contribution in [0.15, 0.2) is 66.7 Å². The summed E-state index contributed by atoms with van der Waals surface area (Å²) >= 11 is 0. The molecule has 158 valence electrons. The van der Waals surface area contributed by atoms with Crippen LogP contribution >= 0.6 is 0 Å². The third-order valence-corrected chi connectivity index (χ3v) is 4.05. The van der Waals surface area contributed by atoms with Gasteiger partial charge in [0.05, 0.1) is 6.61 Å². The third-order valence-electron chi connectivity index (χ3n) is 4.05. The number of rotatable bonds is 9. The second-order valence-electron chi connectivity index (χ2n) is 6.35. The molecule has 2 aromatic rings. The van der Waals surface area contributed by atoms with Gasteiger partial charge in [0.25, 0.3) is 5.91 Å². The highest BCUT2D eigenvalue weighted by atomic mass is 16.6. The van der Waals surface area contributed by atoms with E-state index in [0.29, 0.717) is 16.9 Å². The SMILES string of the molecule is C[C@@H](/C=C/C(=O)O)[C@@H](OC(=O)NC(=O)c1ccccc1)c1cccc(OCCO)c1. The predicted octanol–water partition coefficient (Wildman–Crippen LogP) is 2.94. The minimum Gasteiger partial charge on any atom is -0.491 e. The van der Waals surface area contributed by atoms with Crippen molar-refractivity contribution in [3.8, 4) is 5.75 Å². The average Bonchev–Trinajstić information content (AvgIpc) is 2.75. The van der Waals surface area contributed by atoms with Gasteiger partial charge in [-0.1, -0.05) is 43.3 Å². The van der Waals surface area contributed by atoms with E-state index >= 15 is 0 Å². The van der Waals surface area contributed by atoms with Gasteiger partial charge in [-0.3, -0.25) is 10.1 Å². The fourth-order valence-electron chi connectivity index (χ4n) is 2.66. The van der Waals surface area contributed by atoms with Crippen LogP contribution in [0.1, 0.15) is 28.9 Å². The van der Waals surface area contributed by atoms with Crippen LogP contribution in [0.25, 0.3) is 0 Å². The summed E-state index contributed by atoms with van der Waals surface area (Å²) < 4.78 is 10.8. The Morgan fingerprint density at radius 1 is 1.10 bits per heavy atom. The lowest BCUT2D eigenvalue weighted by Crippen LogP contribution is -2.33. The number of aliphatic carboxylic acids is 1. The first-order valence-electron chi connectivity index (χ1n) is 9.22. The van der Waals surface area contributed by atoms with Crippen molar-refractivity contribution in [3.05, 3.63) is 77.9 Å². The van der Waals surface area contributed by atoms with Crippen LogP contribution in [0.3, 0.4) is 0 Å². The standard InChI is InChI=1S/C22H23NO7/c1-15(10-11-19(25)26)20(17-8-5-9-18(14-17)29-13-12-24)30-22(28)23-21(27)16-6-3-2-4-7-16/h2-11,14-15,20,24H,12-13H2,1H3,(H,25,26)(H,23,27,28)/b11-10+/t15-,20+/m0/s1. The van der Waals surface area contributed by atoms with Crippen LogP contribution in [0.4, 0.5) is 4.79 Å². The molecule has 2 aromatic carbocycles. The van der Waals surface area contributed by atoms with Gasteiger partial charge in [-0.15, -0.1) is 0 Å². The van der Waals surface area contributed by atoms with Crippen molar-refractivity contribution in [1.29, 1.82) is 0 Å². The monoisotopic (exact) mass is 413 g/mol. The van der Waals surface area contributed by atoms with E-state index in [1.807, 2.05) is 0 Å². The number of hydrogen-bond donors (Lipinski definition) is 3. The van der Waals surface area contributed by atoms with Crippen molar-refractivity contribution in [1.82, 2.24) is 5.32 Å². The van der Waals surface area contributed by atoms with E-state index in [9.17, 15) is 14.4 Å². The minimum atomic E-state index is -1.13. The predicted molar refractivity (Wildman–Crippen MR) is 108 cm³/mol. The second kappa shape index (κ2) is 11.4. The molecule has 0 aliphatic heterocycles. The van der Waals surface area contributed by atoms with Gasteiger partial charge in [0.1, 0.15) is 18.5 Å². The number of carboxylic acid groups (broad SMARTS) is 1. The van der Waals surface area contributed by atoms with E-state index in [2.05, 4.69) is 5.32 Å². The summed E-state index contributed by atoms with van der Waals surface area (Å²) in [4.78, 5) is 35.4. The number of aliphatic hydroxyl groups is 1. The quantitative estimate of drug-likeness (QED) is 0.540. The van der Waals surface area contributed by atoms with Crippen LogP contribution in [0.5, 0.6) is 5.75 Å². The molecular formula is C22H23NO7. The van der Waals surface area contributed by atoms with Gasteiger partial charge in [-0.25, -0.2) is 9.59 Å². The second-order valence-corrected chi connectivity index (χ2v) is 6.35. The number of imide groups is 1. The zero-order chi connectivity index (χ0) is 21.9. The first-order valence-corrected chi connectivity index (χ1v) is 9.22. The van der Waals surface area contributed by atoms with Gasteiger partial charge >= 0.3 is 12.1 Å². The molecule has 2 rings (SSSR count). The number of carboxylic acids is 1. The Morgan fingerprint density at radius 2 is 1.83 bits per heavy atom. The summed E-state index contributed by atoms with van der Waals surface area (Å²) in [5, 5.41) is 20.0. The van der Waals surface area contributed by atoms with Gasteiger partial charge in [0.15, 0.2) is 0 Å². The summed E-state index contributed by atoms with van der Waals surface area (Å²) in [7, 11) is 0. The van der Waals surface area contributed by atoms with Crippen LogP contribution in [0, 0.1) is 5.92 Å². The van der Waals surface area contributed by atoms with Gasteiger partial charge in [0.2, 0.25) is 0 Å². The lowest BCUT2D eigenvalue weighted by Gasteiger charge is -2.23. The summed E-state index contributed by atoms with van der Waals surface area (Å²) in [6, 6.07) is 14.9. The van der Waals surface area contributed by atoms with Crippen molar-refractivity contribution in [3.63, 3.8) is 0 Å². The van der Waals surface area contributed by atoms with Crippen LogP contribution in [0.2, 0.25) is 0 Å². The molecule has 3 N–H and O–H groups in total. The summed E-state index contributed by atoms with van der Waals surface area (Å²) in [6.45, 7) is 1.61. The van der Waals surface area contributed by atoms with Crippen molar-refractivity contribution in [2.24, 2.45) is 5.92 Å². The fraction of sp³-hybridized carbons (Fsp3) is 0.227. The Balaban J connectivity index is 2.20. The lowest BCUT2D eigenvalue weighted by atomic mass is 9.96. The molecule has 30 heavy (non-hydrogen) atoms. The lowest BCUT2D eigenvalue weighted by molar-refractivity contribution is -0.131. The Bertz CT molecular complexity index is 895. The van der Waals surface area contributed by atoms with E-state index < -0.39 is 30.0 Å². The van der Waals surface area contributed by atoms with Crippen molar-refractivity contribution in [2.75, 3.05) is 13.2 Å². The highest BCUT2D eigenvalue weighted by Gasteiger charge is 2.24. The molecule has 8 nitrogen and oxygen atoms in total. The molecule has 0 heterocycles. The van der Waals surface area contributed by atoms with E-state index in [4.69, 9.17) is 19.7 Å². The number of benzene rings is 2. The Labute approximate surface area is 173 Å². The molecule has 0 bridgehead atoms. The molecule has 0 aromatic heterocycles. The Kier molecular flexibility index (Phi) is 8.58. The zero-order valence-electron chi connectivity index (χ0n) is 16.4. The number of hydrogen-bond acceptors (Lipinski definition) is 6. The molecule has 2 amide bonds. The van der Waals surface area contributed by atoms with Gasteiger partial charge in [-0.2, -0.15) is 0 Å². The zero-order valence-corrected chi connectivity index (χ0v) is 16.4. The van der Waals surface area contributed by atoms with Gasteiger partial charge in [0, 0.05) is 17.6 Å². The molecule has 2 atom stereocenters. The molecule has 0 aliphatic carbocycles. The van der Waals surface area contributed by atoms with Crippen LogP contribution in [-0.4, -0.2) is 41.4 Å². The van der Waals surface area contributed by atoms with E-state index in [1.165, 1.54) is 6.08 Å². The fourth-order valence-corrected chi connectivity index (χ4v) is 2.66. The first-order chi connectivity index (χ1) is 14.4. The number of amides is 2. The van der Waals surface area contributed by atoms with Crippen molar-refractivity contribution < 1.29 is 34.1 Å². The maximum atomic E-state index is 12.4. The molecule has 0 aliphatic rings. The molecule has 0 saturated carbocycles. The number of aliphatic hydroxyl groups excluding tert-OH is 1. The normalized spacial score (nSPS) is 12.7. The highest BCUT2D eigenvalue weighted by molar-refractivity contribution is 6.02. The van der Waals surface area contributed by atoms with E-state index in [1.54, 1.807) is 61.5 Å². The number of alkyl carbamates (subject to hydrolysis) is 1. The number of carbonyl (C=O) groups excluding carboxylic acids is 2. The molecular weight excluding hydrogens is 390 g/mol. The van der Waals surface area contributed by atoms with Crippen LogP contribution < -0.4 is 10.1 Å². The van der Waals surface area contributed by atoms with Crippen molar-refractivity contribution >= 4 is 18.0 Å². The third kappa shape index (κ3) is 7.06. The Hall–Kier alpha value is -3.65. The molecule has 0 unspecified atom stereocenters. The number of ether oxygens (including phenoxy) is 2. The molecule has 8 heteroatoms. The van der Waals surface area contributed by atoms with E-state index in [-0.39, 0.29) is 13.2 Å². The largest absolute Gasteiger partial charge is 0.491 e. The topological polar surface area (TPSA) is 122 Å². The molecule has 0 saturated heterocycles. The average molecular weight is 413 g/mol. The Morgan fingerprint density at radius 3 is 2.50 bits per heavy atom. The number of nitrogens with one attached hydrogen (secondary N) is 1. The minimum absolute atomic E-state index is 0.0928.